The number of amides is 1. The van der Waals surface area contributed by atoms with Crippen LogP contribution in [0.25, 0.3) is 0 Å². The summed E-state index contributed by atoms with van der Waals surface area (Å²) in [6.07, 6.45) is -0.444. The molecule has 5 heteroatoms. The van der Waals surface area contributed by atoms with Gasteiger partial charge in [0.25, 0.3) is 5.91 Å². The van der Waals surface area contributed by atoms with Crippen molar-refractivity contribution in [3.05, 3.63) is 23.8 Å². The Bertz CT molecular complexity index is 420. The minimum Gasteiger partial charge on any atom is -0.479 e. The van der Waals surface area contributed by atoms with Gasteiger partial charge in [-0.2, -0.15) is 0 Å². The van der Waals surface area contributed by atoms with Gasteiger partial charge in [-0.3, -0.25) is 4.79 Å². The van der Waals surface area contributed by atoms with E-state index in [1.165, 1.54) is 0 Å². The van der Waals surface area contributed by atoms with Gasteiger partial charge in [-0.1, -0.05) is 6.07 Å². The molecule has 1 amide bonds. The summed E-state index contributed by atoms with van der Waals surface area (Å²) in [5, 5.41) is 14.5. The molecule has 3 N–H and O–H groups in total. The van der Waals surface area contributed by atoms with Gasteiger partial charge >= 0.3 is 0 Å². The number of aliphatic hydroxyl groups is 1. The first kappa shape index (κ1) is 11.9. The molecule has 0 aliphatic carbocycles. The monoisotopic (exact) mass is 236 g/mol. The first-order valence-corrected chi connectivity index (χ1v) is 5.62. The number of nitrogens with one attached hydrogen (secondary N) is 2. The summed E-state index contributed by atoms with van der Waals surface area (Å²) in [5.41, 5.74) is 1.74. The number of benzene rings is 1. The molecule has 0 spiro atoms. The lowest BCUT2D eigenvalue weighted by atomic mass is 10.1. The molecule has 5 nitrogen and oxygen atoms in total. The molecule has 1 aliphatic rings. The molecule has 0 bridgehead atoms. The number of fused-ring (bicyclic) bond motifs is 1. The third-order valence-corrected chi connectivity index (χ3v) is 2.59. The molecule has 0 saturated heterocycles. The van der Waals surface area contributed by atoms with Crippen LogP contribution in [0.5, 0.6) is 5.75 Å². The van der Waals surface area contributed by atoms with Gasteiger partial charge in [-0.25, -0.2) is 0 Å². The van der Waals surface area contributed by atoms with Crippen molar-refractivity contribution in [3.63, 3.8) is 0 Å². The highest BCUT2D eigenvalue weighted by Crippen LogP contribution is 2.30. The largest absolute Gasteiger partial charge is 0.479 e. The van der Waals surface area contributed by atoms with Crippen LogP contribution in [-0.4, -0.2) is 30.3 Å². The average molecular weight is 236 g/mol. The zero-order valence-electron chi connectivity index (χ0n) is 9.69. The Balaban J connectivity index is 2.09. The van der Waals surface area contributed by atoms with Gasteiger partial charge in [-0.15, -0.1) is 0 Å². The van der Waals surface area contributed by atoms with Crippen molar-refractivity contribution in [2.24, 2.45) is 0 Å². The number of hydrogen-bond acceptors (Lipinski definition) is 4. The smallest absolute Gasteiger partial charge is 0.265 e. The van der Waals surface area contributed by atoms with E-state index in [0.717, 1.165) is 5.56 Å². The number of anilines is 1. The number of carbonyl (C=O) groups is 1. The molecule has 1 atom stereocenters. The van der Waals surface area contributed by atoms with Gasteiger partial charge in [0.2, 0.25) is 0 Å². The fourth-order valence-corrected chi connectivity index (χ4v) is 1.68. The fourth-order valence-electron chi connectivity index (χ4n) is 1.68. The third kappa shape index (κ3) is 2.75. The van der Waals surface area contributed by atoms with Crippen LogP contribution in [0.2, 0.25) is 0 Å². The molecule has 92 valence electrons. The summed E-state index contributed by atoms with van der Waals surface area (Å²) in [6.45, 7) is 3.04. The number of ether oxygens (including phenoxy) is 1. The molecule has 2 rings (SSSR count). The molecule has 1 unspecified atom stereocenters. The van der Waals surface area contributed by atoms with Crippen LogP contribution in [0.3, 0.4) is 0 Å². The van der Waals surface area contributed by atoms with Crippen LogP contribution in [-0.2, 0) is 11.3 Å². The van der Waals surface area contributed by atoms with E-state index in [4.69, 9.17) is 9.84 Å². The summed E-state index contributed by atoms with van der Waals surface area (Å²) in [7, 11) is 0. The Kier molecular flexibility index (Phi) is 3.61. The zero-order chi connectivity index (χ0) is 12.3. The molecule has 17 heavy (non-hydrogen) atoms. The topological polar surface area (TPSA) is 70.6 Å². The molecule has 1 aromatic carbocycles. The second-order valence-corrected chi connectivity index (χ2v) is 3.98. The maximum absolute atomic E-state index is 11.4. The zero-order valence-corrected chi connectivity index (χ0v) is 9.69. The minimum absolute atomic E-state index is 0.113. The van der Waals surface area contributed by atoms with Crippen LogP contribution in [0, 0.1) is 0 Å². The Morgan fingerprint density at radius 3 is 3.12 bits per heavy atom. The van der Waals surface area contributed by atoms with Crippen molar-refractivity contribution in [1.29, 1.82) is 0 Å². The molecular formula is C12H16N2O3. The van der Waals surface area contributed by atoms with Gasteiger partial charge in [0.05, 0.1) is 12.3 Å². The molecule has 0 fully saturated rings. The molecule has 1 aliphatic heterocycles. The van der Waals surface area contributed by atoms with Gasteiger partial charge in [-0.05, 0) is 24.6 Å². The maximum atomic E-state index is 11.4. The quantitative estimate of drug-likeness (QED) is 0.665. The molecule has 0 aromatic heterocycles. The van der Waals surface area contributed by atoms with E-state index in [1.807, 2.05) is 18.2 Å². The Labute approximate surface area is 99.8 Å². The number of carbonyl (C=O) groups excluding carboxylic acids is 1. The highest BCUT2D eigenvalue weighted by molar-refractivity contribution is 5.97. The van der Waals surface area contributed by atoms with E-state index in [0.29, 0.717) is 24.5 Å². The second kappa shape index (κ2) is 5.16. The second-order valence-electron chi connectivity index (χ2n) is 3.98. The normalized spacial score (nSPS) is 18.2. The van der Waals surface area contributed by atoms with E-state index >= 15 is 0 Å². The van der Waals surface area contributed by atoms with E-state index in [-0.39, 0.29) is 12.5 Å². The highest BCUT2D eigenvalue weighted by Gasteiger charge is 2.23. The lowest BCUT2D eigenvalue weighted by molar-refractivity contribution is -0.122. The number of rotatable bonds is 4. The predicted octanol–water partition coefficient (Wildman–Crippen LogP) is 0.488. The predicted molar refractivity (Wildman–Crippen MR) is 64.0 cm³/mol. The van der Waals surface area contributed by atoms with Crippen LogP contribution >= 0.6 is 0 Å². The Morgan fingerprint density at radius 2 is 2.35 bits per heavy atom. The minimum atomic E-state index is -0.444. The van der Waals surface area contributed by atoms with Gasteiger partial charge < -0.3 is 20.5 Å². The van der Waals surface area contributed by atoms with Crippen molar-refractivity contribution in [1.82, 2.24) is 5.32 Å². The van der Waals surface area contributed by atoms with Crippen molar-refractivity contribution >= 4 is 11.6 Å². The summed E-state index contributed by atoms with van der Waals surface area (Å²) in [4.78, 5) is 11.4. The number of hydrogen-bond donors (Lipinski definition) is 3. The third-order valence-electron chi connectivity index (χ3n) is 2.59. The van der Waals surface area contributed by atoms with Crippen LogP contribution in [0.1, 0.15) is 12.5 Å². The van der Waals surface area contributed by atoms with Crippen molar-refractivity contribution in [3.8, 4) is 5.75 Å². The standard InChI is InChI=1S/C12H16N2O3/c1-8-12(16)14-10-6-9(7-13-4-5-15)2-3-11(10)17-8/h2-3,6,8,13,15H,4-5,7H2,1H3,(H,14,16). The van der Waals surface area contributed by atoms with Gasteiger partial charge in [0.1, 0.15) is 5.75 Å². The Hall–Kier alpha value is -1.59. The van der Waals surface area contributed by atoms with Crippen LogP contribution in [0.15, 0.2) is 18.2 Å². The van der Waals surface area contributed by atoms with Gasteiger partial charge in [0, 0.05) is 13.1 Å². The lowest BCUT2D eigenvalue weighted by Gasteiger charge is -2.23. The first-order chi connectivity index (χ1) is 8.20. The Morgan fingerprint density at radius 1 is 1.53 bits per heavy atom. The van der Waals surface area contributed by atoms with Crippen LogP contribution in [0.4, 0.5) is 5.69 Å². The van der Waals surface area contributed by atoms with E-state index in [1.54, 1.807) is 6.92 Å². The molecule has 1 heterocycles. The molecule has 0 radical (unpaired) electrons. The molecule has 1 aromatic rings. The maximum Gasteiger partial charge on any atom is 0.265 e. The van der Waals surface area contributed by atoms with Crippen molar-refractivity contribution in [2.75, 3.05) is 18.5 Å². The van der Waals surface area contributed by atoms with E-state index in [9.17, 15) is 4.79 Å². The summed E-state index contributed by atoms with van der Waals surface area (Å²) < 4.78 is 5.45. The first-order valence-electron chi connectivity index (χ1n) is 5.62. The molecular weight excluding hydrogens is 220 g/mol. The summed E-state index contributed by atoms with van der Waals surface area (Å²) in [6, 6.07) is 5.66. The van der Waals surface area contributed by atoms with Crippen molar-refractivity contribution < 1.29 is 14.6 Å². The number of aliphatic hydroxyl groups excluding tert-OH is 1. The van der Waals surface area contributed by atoms with Crippen LogP contribution < -0.4 is 15.4 Å². The van der Waals surface area contributed by atoms with E-state index < -0.39 is 6.10 Å². The highest BCUT2D eigenvalue weighted by atomic mass is 16.5. The van der Waals surface area contributed by atoms with E-state index in [2.05, 4.69) is 10.6 Å². The van der Waals surface area contributed by atoms with Gasteiger partial charge in [0.15, 0.2) is 6.10 Å². The van der Waals surface area contributed by atoms with Crippen molar-refractivity contribution in [2.45, 2.75) is 19.6 Å². The fraction of sp³-hybridized carbons (Fsp3) is 0.417. The average Bonchev–Trinajstić information content (AvgIpc) is 2.31. The summed E-state index contributed by atoms with van der Waals surface area (Å²) >= 11 is 0. The lowest BCUT2D eigenvalue weighted by Crippen LogP contribution is -2.34. The molecule has 0 saturated carbocycles. The SMILES string of the molecule is CC1Oc2ccc(CNCCO)cc2NC1=O. The summed E-state index contributed by atoms with van der Waals surface area (Å²) in [5.74, 6) is 0.570.